The Labute approximate surface area is 106 Å². The number of rotatable bonds is 2. The quantitative estimate of drug-likeness (QED) is 0.791. The molecule has 0 unspecified atom stereocenters. The third-order valence-corrected chi connectivity index (χ3v) is 2.93. The summed E-state index contributed by atoms with van der Waals surface area (Å²) < 4.78 is 1.00. The first kappa shape index (κ1) is 11.3. The summed E-state index contributed by atoms with van der Waals surface area (Å²) in [6.07, 6.45) is 2.64. The molecule has 6 heteroatoms. The van der Waals surface area contributed by atoms with Crippen molar-refractivity contribution in [1.29, 1.82) is 0 Å². The molecule has 0 bridgehead atoms. The van der Waals surface area contributed by atoms with Crippen molar-refractivity contribution in [3.63, 3.8) is 0 Å². The summed E-state index contributed by atoms with van der Waals surface area (Å²) in [5.41, 5.74) is 0. The molecular formula is C10H10IN3O2. The van der Waals surface area contributed by atoms with Gasteiger partial charge >= 0.3 is 0 Å². The van der Waals surface area contributed by atoms with E-state index in [1.807, 2.05) is 6.07 Å². The summed E-state index contributed by atoms with van der Waals surface area (Å²) in [5, 5.41) is 5.27. The zero-order chi connectivity index (χ0) is 11.5. The second-order valence-electron chi connectivity index (χ2n) is 3.51. The van der Waals surface area contributed by atoms with Crippen molar-refractivity contribution in [3.8, 4) is 0 Å². The molecule has 1 aliphatic rings. The highest BCUT2D eigenvalue weighted by atomic mass is 127. The lowest BCUT2D eigenvalue weighted by molar-refractivity contribution is -0.122. The lowest BCUT2D eigenvalue weighted by Crippen LogP contribution is -2.37. The molecule has 0 saturated carbocycles. The van der Waals surface area contributed by atoms with Crippen LogP contribution in [0.1, 0.15) is 12.8 Å². The van der Waals surface area contributed by atoms with E-state index in [2.05, 4.69) is 38.2 Å². The van der Waals surface area contributed by atoms with Crippen LogP contribution in [0.2, 0.25) is 0 Å². The number of carbonyl (C=O) groups is 2. The third kappa shape index (κ3) is 2.69. The summed E-state index contributed by atoms with van der Waals surface area (Å²) in [5.74, 6) is 0.224. The molecule has 2 amide bonds. The largest absolute Gasteiger partial charge is 0.344 e. The average molecular weight is 331 g/mol. The van der Waals surface area contributed by atoms with Gasteiger partial charge in [-0.05, 0) is 41.1 Å². The highest BCUT2D eigenvalue weighted by Crippen LogP contribution is 2.11. The molecule has 84 valence electrons. The van der Waals surface area contributed by atoms with Crippen LogP contribution in [0.15, 0.2) is 18.3 Å². The minimum Gasteiger partial charge on any atom is -0.344 e. The number of pyridine rings is 1. The van der Waals surface area contributed by atoms with E-state index in [1.54, 1.807) is 12.3 Å². The number of anilines is 1. The van der Waals surface area contributed by atoms with Crippen molar-refractivity contribution in [2.24, 2.45) is 0 Å². The van der Waals surface area contributed by atoms with Crippen LogP contribution in [-0.4, -0.2) is 22.8 Å². The van der Waals surface area contributed by atoms with Gasteiger partial charge < -0.3 is 10.6 Å². The number of hydrogen-bond acceptors (Lipinski definition) is 3. The van der Waals surface area contributed by atoms with Crippen LogP contribution in [0.5, 0.6) is 0 Å². The Kier molecular flexibility index (Phi) is 3.37. The summed E-state index contributed by atoms with van der Waals surface area (Å²) in [4.78, 5) is 26.7. The van der Waals surface area contributed by atoms with E-state index in [1.165, 1.54) is 0 Å². The van der Waals surface area contributed by atoms with Gasteiger partial charge in [-0.3, -0.25) is 9.59 Å². The predicted molar refractivity (Wildman–Crippen MR) is 66.7 cm³/mol. The van der Waals surface area contributed by atoms with Gasteiger partial charge in [-0.1, -0.05) is 0 Å². The minimum atomic E-state index is -0.423. The van der Waals surface area contributed by atoms with Gasteiger partial charge in [0.05, 0.1) is 0 Å². The second kappa shape index (κ2) is 4.77. The molecule has 2 rings (SSSR count). The van der Waals surface area contributed by atoms with Gasteiger partial charge in [-0.2, -0.15) is 0 Å². The monoisotopic (exact) mass is 331 g/mol. The SMILES string of the molecule is O=C1CC[C@@H](C(=O)Nc2ccc(I)cn2)N1. The van der Waals surface area contributed by atoms with Crippen molar-refractivity contribution in [2.75, 3.05) is 5.32 Å². The molecule has 0 aromatic carbocycles. The summed E-state index contributed by atoms with van der Waals surface area (Å²) >= 11 is 2.14. The Morgan fingerprint density at radius 2 is 2.38 bits per heavy atom. The molecule has 1 fully saturated rings. The number of nitrogens with one attached hydrogen (secondary N) is 2. The molecule has 1 aromatic rings. The molecule has 0 aliphatic carbocycles. The number of carbonyl (C=O) groups excluding carboxylic acids is 2. The van der Waals surface area contributed by atoms with Crippen molar-refractivity contribution >= 4 is 40.2 Å². The van der Waals surface area contributed by atoms with Gasteiger partial charge in [-0.25, -0.2) is 4.98 Å². The highest BCUT2D eigenvalue weighted by Gasteiger charge is 2.27. The van der Waals surface area contributed by atoms with E-state index in [0.717, 1.165) is 3.57 Å². The first-order chi connectivity index (χ1) is 7.65. The lowest BCUT2D eigenvalue weighted by Gasteiger charge is -2.09. The van der Waals surface area contributed by atoms with E-state index < -0.39 is 6.04 Å². The van der Waals surface area contributed by atoms with Gasteiger partial charge in [0.2, 0.25) is 11.8 Å². The Morgan fingerprint density at radius 3 is 2.94 bits per heavy atom. The standard InChI is InChI=1S/C10H10IN3O2/c11-6-1-3-8(12-5-6)14-10(16)7-2-4-9(15)13-7/h1,3,5,7H,2,4H2,(H,13,15)(H,12,14,16)/t7-/m0/s1. The molecule has 1 aromatic heterocycles. The number of halogens is 1. The lowest BCUT2D eigenvalue weighted by atomic mass is 10.2. The maximum Gasteiger partial charge on any atom is 0.248 e. The van der Waals surface area contributed by atoms with Crippen molar-refractivity contribution in [1.82, 2.24) is 10.3 Å². The van der Waals surface area contributed by atoms with Crippen LogP contribution < -0.4 is 10.6 Å². The van der Waals surface area contributed by atoms with Crippen molar-refractivity contribution < 1.29 is 9.59 Å². The zero-order valence-corrected chi connectivity index (χ0v) is 10.5. The molecule has 0 radical (unpaired) electrons. The fourth-order valence-electron chi connectivity index (χ4n) is 1.47. The molecule has 0 spiro atoms. The van der Waals surface area contributed by atoms with Crippen LogP contribution in [0.4, 0.5) is 5.82 Å². The van der Waals surface area contributed by atoms with Crippen LogP contribution in [-0.2, 0) is 9.59 Å². The molecule has 2 heterocycles. The van der Waals surface area contributed by atoms with Crippen LogP contribution in [0.3, 0.4) is 0 Å². The maximum atomic E-state index is 11.7. The summed E-state index contributed by atoms with van der Waals surface area (Å²) in [7, 11) is 0. The molecule has 1 atom stereocenters. The number of aromatic nitrogens is 1. The molecule has 16 heavy (non-hydrogen) atoms. The van der Waals surface area contributed by atoms with Gasteiger partial charge in [-0.15, -0.1) is 0 Å². The van der Waals surface area contributed by atoms with Crippen LogP contribution in [0.25, 0.3) is 0 Å². The normalized spacial score (nSPS) is 19.3. The Balaban J connectivity index is 1.97. The summed E-state index contributed by atoms with van der Waals surface area (Å²) in [6.45, 7) is 0. The average Bonchev–Trinajstić information content (AvgIpc) is 2.68. The smallest absolute Gasteiger partial charge is 0.248 e. The van der Waals surface area contributed by atoms with E-state index in [9.17, 15) is 9.59 Å². The predicted octanol–water partition coefficient (Wildman–Crippen LogP) is 0.903. The number of nitrogens with zero attached hydrogens (tertiary/aromatic N) is 1. The second-order valence-corrected chi connectivity index (χ2v) is 4.76. The Bertz CT molecular complexity index is 419. The molecule has 1 saturated heterocycles. The number of hydrogen-bond donors (Lipinski definition) is 2. The molecular weight excluding hydrogens is 321 g/mol. The molecule has 1 aliphatic heterocycles. The van der Waals surface area contributed by atoms with Gasteiger partial charge in [0, 0.05) is 16.2 Å². The van der Waals surface area contributed by atoms with Gasteiger partial charge in [0.1, 0.15) is 11.9 Å². The third-order valence-electron chi connectivity index (χ3n) is 2.29. The fraction of sp³-hybridized carbons (Fsp3) is 0.300. The van der Waals surface area contributed by atoms with E-state index >= 15 is 0 Å². The van der Waals surface area contributed by atoms with Crippen molar-refractivity contribution in [3.05, 3.63) is 21.9 Å². The van der Waals surface area contributed by atoms with E-state index in [0.29, 0.717) is 18.7 Å². The van der Waals surface area contributed by atoms with E-state index in [-0.39, 0.29) is 11.8 Å². The van der Waals surface area contributed by atoms with Gasteiger partial charge in [0.15, 0.2) is 0 Å². The number of amides is 2. The Hall–Kier alpha value is -1.18. The molecule has 5 nitrogen and oxygen atoms in total. The van der Waals surface area contributed by atoms with Crippen LogP contribution in [0, 0.1) is 3.57 Å². The molecule has 2 N–H and O–H groups in total. The maximum absolute atomic E-state index is 11.7. The summed E-state index contributed by atoms with van der Waals surface area (Å²) in [6, 6.07) is 3.17. The van der Waals surface area contributed by atoms with Crippen molar-refractivity contribution in [2.45, 2.75) is 18.9 Å². The minimum absolute atomic E-state index is 0.0734. The van der Waals surface area contributed by atoms with E-state index in [4.69, 9.17) is 0 Å². The zero-order valence-electron chi connectivity index (χ0n) is 8.37. The van der Waals surface area contributed by atoms with Gasteiger partial charge in [0.25, 0.3) is 0 Å². The topological polar surface area (TPSA) is 71.1 Å². The fourth-order valence-corrected chi connectivity index (χ4v) is 1.79. The van der Waals surface area contributed by atoms with Crippen LogP contribution >= 0.6 is 22.6 Å². The Morgan fingerprint density at radius 1 is 1.56 bits per heavy atom. The first-order valence-electron chi connectivity index (χ1n) is 4.87. The first-order valence-corrected chi connectivity index (χ1v) is 5.95. The highest BCUT2D eigenvalue weighted by molar-refractivity contribution is 14.1.